The van der Waals surface area contributed by atoms with E-state index in [2.05, 4.69) is 19.8 Å². The van der Waals surface area contributed by atoms with Gasteiger partial charge in [0.1, 0.15) is 0 Å². The SMILES string of the molecule is Cc1nn(C)c(C)c1[C@H](C)C(=O)Nc1nc(-c2ccccc2)ns1. The minimum atomic E-state index is -0.303. The normalized spacial score (nSPS) is 12.2. The maximum atomic E-state index is 12.6. The minimum absolute atomic E-state index is 0.107. The Morgan fingerprint density at radius 3 is 2.58 bits per heavy atom. The van der Waals surface area contributed by atoms with Crippen LogP contribution in [0.3, 0.4) is 0 Å². The fraction of sp³-hybridized carbons (Fsp3) is 0.294. The first-order valence-electron chi connectivity index (χ1n) is 7.67. The van der Waals surface area contributed by atoms with Crippen molar-refractivity contribution in [2.24, 2.45) is 7.05 Å². The van der Waals surface area contributed by atoms with Gasteiger partial charge in [0.2, 0.25) is 11.0 Å². The molecule has 0 bridgehead atoms. The van der Waals surface area contributed by atoms with E-state index in [4.69, 9.17) is 0 Å². The molecule has 2 heterocycles. The number of benzene rings is 1. The molecular weight excluding hydrogens is 322 g/mol. The summed E-state index contributed by atoms with van der Waals surface area (Å²) in [4.78, 5) is 17.0. The van der Waals surface area contributed by atoms with E-state index in [1.54, 1.807) is 4.68 Å². The Balaban J connectivity index is 1.77. The molecule has 0 aliphatic heterocycles. The van der Waals surface area contributed by atoms with E-state index in [0.29, 0.717) is 11.0 Å². The zero-order valence-electron chi connectivity index (χ0n) is 14.1. The molecule has 0 aliphatic carbocycles. The van der Waals surface area contributed by atoms with E-state index in [1.165, 1.54) is 11.5 Å². The standard InChI is InChI=1S/C17H19N5OS/c1-10(14-11(2)20-22(4)12(14)3)16(23)19-17-18-15(21-24-17)13-8-6-5-7-9-13/h5-10H,1-4H3,(H,18,19,21,23)/t10-/m0/s1. The first-order chi connectivity index (χ1) is 11.5. The fourth-order valence-electron chi connectivity index (χ4n) is 2.74. The van der Waals surface area contributed by atoms with Crippen LogP contribution in [0.1, 0.15) is 29.8 Å². The minimum Gasteiger partial charge on any atom is -0.300 e. The number of carbonyl (C=O) groups excluding carboxylic acids is 1. The molecule has 0 saturated carbocycles. The smallest absolute Gasteiger partial charge is 0.233 e. The Morgan fingerprint density at radius 1 is 1.25 bits per heavy atom. The van der Waals surface area contributed by atoms with Crippen molar-refractivity contribution in [3.05, 3.63) is 47.3 Å². The van der Waals surface area contributed by atoms with Crippen LogP contribution < -0.4 is 5.32 Å². The third-order valence-electron chi connectivity index (χ3n) is 4.08. The predicted molar refractivity (Wildman–Crippen MR) is 95.1 cm³/mol. The Hall–Kier alpha value is -2.54. The van der Waals surface area contributed by atoms with Gasteiger partial charge < -0.3 is 5.32 Å². The lowest BCUT2D eigenvalue weighted by molar-refractivity contribution is -0.117. The van der Waals surface area contributed by atoms with Gasteiger partial charge in [0.25, 0.3) is 0 Å². The number of anilines is 1. The van der Waals surface area contributed by atoms with Gasteiger partial charge in [0, 0.05) is 35.4 Å². The highest BCUT2D eigenvalue weighted by atomic mass is 32.1. The van der Waals surface area contributed by atoms with Gasteiger partial charge in [-0.1, -0.05) is 30.3 Å². The monoisotopic (exact) mass is 341 g/mol. The van der Waals surface area contributed by atoms with E-state index in [9.17, 15) is 4.79 Å². The lowest BCUT2D eigenvalue weighted by atomic mass is 9.98. The lowest BCUT2D eigenvalue weighted by Gasteiger charge is -2.11. The van der Waals surface area contributed by atoms with Crippen molar-refractivity contribution in [2.45, 2.75) is 26.7 Å². The van der Waals surface area contributed by atoms with E-state index in [1.807, 2.05) is 58.2 Å². The van der Waals surface area contributed by atoms with Crippen LogP contribution in [0.25, 0.3) is 11.4 Å². The summed E-state index contributed by atoms with van der Waals surface area (Å²) in [5, 5.41) is 7.74. The second kappa shape index (κ2) is 6.52. The van der Waals surface area contributed by atoms with Crippen LogP contribution in [-0.4, -0.2) is 25.0 Å². The second-order valence-electron chi connectivity index (χ2n) is 5.71. The van der Waals surface area contributed by atoms with Crippen molar-refractivity contribution in [1.29, 1.82) is 0 Å². The molecule has 0 fully saturated rings. The average molecular weight is 341 g/mol. The fourth-order valence-corrected chi connectivity index (χ4v) is 3.33. The van der Waals surface area contributed by atoms with Gasteiger partial charge in [-0.3, -0.25) is 9.48 Å². The molecule has 0 radical (unpaired) electrons. The predicted octanol–water partition coefficient (Wildman–Crippen LogP) is 3.30. The molecule has 2 aromatic heterocycles. The summed E-state index contributed by atoms with van der Waals surface area (Å²) in [5.74, 6) is 0.213. The number of carbonyl (C=O) groups is 1. The van der Waals surface area contributed by atoms with E-state index >= 15 is 0 Å². The Labute approximate surface area is 144 Å². The summed E-state index contributed by atoms with van der Waals surface area (Å²) in [6.07, 6.45) is 0. The molecular formula is C17H19N5OS. The molecule has 24 heavy (non-hydrogen) atoms. The largest absolute Gasteiger partial charge is 0.300 e. The molecule has 1 N–H and O–H groups in total. The van der Waals surface area contributed by atoms with Crippen molar-refractivity contribution < 1.29 is 4.79 Å². The molecule has 1 amide bonds. The van der Waals surface area contributed by atoms with Crippen LogP contribution in [0.15, 0.2) is 30.3 Å². The molecule has 1 aromatic carbocycles. The van der Waals surface area contributed by atoms with Gasteiger partial charge in [-0.15, -0.1) is 0 Å². The molecule has 0 unspecified atom stereocenters. The van der Waals surface area contributed by atoms with Crippen LogP contribution in [0, 0.1) is 13.8 Å². The molecule has 3 aromatic rings. The number of rotatable bonds is 4. The zero-order valence-corrected chi connectivity index (χ0v) is 14.9. The summed E-state index contributed by atoms with van der Waals surface area (Å²) in [6.45, 7) is 5.77. The van der Waals surface area contributed by atoms with Crippen LogP contribution >= 0.6 is 11.5 Å². The molecule has 7 heteroatoms. The van der Waals surface area contributed by atoms with Gasteiger partial charge in [0.15, 0.2) is 5.82 Å². The molecule has 0 aliphatic rings. The summed E-state index contributed by atoms with van der Waals surface area (Å²) >= 11 is 1.19. The third kappa shape index (κ3) is 3.07. The number of aromatic nitrogens is 4. The van der Waals surface area contributed by atoms with Crippen LogP contribution in [0.5, 0.6) is 0 Å². The van der Waals surface area contributed by atoms with Crippen molar-refractivity contribution in [2.75, 3.05) is 5.32 Å². The maximum absolute atomic E-state index is 12.6. The zero-order chi connectivity index (χ0) is 17.3. The van der Waals surface area contributed by atoms with Crippen molar-refractivity contribution in [3.8, 4) is 11.4 Å². The number of nitrogens with one attached hydrogen (secondary N) is 1. The van der Waals surface area contributed by atoms with Crippen molar-refractivity contribution in [3.63, 3.8) is 0 Å². The van der Waals surface area contributed by atoms with E-state index < -0.39 is 0 Å². The Kier molecular flexibility index (Phi) is 4.44. The highest BCUT2D eigenvalue weighted by Gasteiger charge is 2.23. The molecule has 1 atom stereocenters. The number of aryl methyl sites for hydroxylation is 2. The van der Waals surface area contributed by atoms with Gasteiger partial charge >= 0.3 is 0 Å². The first kappa shape index (κ1) is 16.3. The molecule has 124 valence electrons. The number of hydrogen-bond acceptors (Lipinski definition) is 5. The highest BCUT2D eigenvalue weighted by molar-refractivity contribution is 7.10. The first-order valence-corrected chi connectivity index (χ1v) is 8.44. The Bertz CT molecular complexity index is 868. The second-order valence-corrected chi connectivity index (χ2v) is 6.46. The van der Waals surface area contributed by atoms with E-state index in [-0.39, 0.29) is 11.8 Å². The quantitative estimate of drug-likeness (QED) is 0.790. The van der Waals surface area contributed by atoms with Crippen molar-refractivity contribution in [1.82, 2.24) is 19.1 Å². The summed E-state index contributed by atoms with van der Waals surface area (Å²) in [6, 6.07) is 9.70. The number of amides is 1. The summed E-state index contributed by atoms with van der Waals surface area (Å²) in [7, 11) is 1.88. The molecule has 0 spiro atoms. The van der Waals surface area contributed by atoms with Gasteiger partial charge in [-0.05, 0) is 20.8 Å². The molecule has 0 saturated heterocycles. The lowest BCUT2D eigenvalue weighted by Crippen LogP contribution is -2.19. The van der Waals surface area contributed by atoms with Crippen LogP contribution in [0.4, 0.5) is 5.13 Å². The van der Waals surface area contributed by atoms with Gasteiger partial charge in [-0.2, -0.15) is 14.5 Å². The highest BCUT2D eigenvalue weighted by Crippen LogP contribution is 2.26. The van der Waals surface area contributed by atoms with Crippen molar-refractivity contribution >= 4 is 22.6 Å². The van der Waals surface area contributed by atoms with Gasteiger partial charge in [0.05, 0.1) is 11.6 Å². The maximum Gasteiger partial charge on any atom is 0.233 e. The van der Waals surface area contributed by atoms with Gasteiger partial charge in [-0.25, -0.2) is 0 Å². The Morgan fingerprint density at radius 2 is 1.96 bits per heavy atom. The summed E-state index contributed by atoms with van der Waals surface area (Å²) < 4.78 is 6.11. The average Bonchev–Trinajstić information content (AvgIpc) is 3.13. The topological polar surface area (TPSA) is 72.7 Å². The van der Waals surface area contributed by atoms with Crippen LogP contribution in [0.2, 0.25) is 0 Å². The third-order valence-corrected chi connectivity index (χ3v) is 4.71. The number of nitrogens with zero attached hydrogens (tertiary/aromatic N) is 4. The van der Waals surface area contributed by atoms with Crippen LogP contribution in [-0.2, 0) is 11.8 Å². The van der Waals surface area contributed by atoms with E-state index in [0.717, 1.165) is 22.5 Å². The number of hydrogen-bond donors (Lipinski definition) is 1. The molecule has 6 nitrogen and oxygen atoms in total. The molecule has 3 rings (SSSR count). The summed E-state index contributed by atoms with van der Waals surface area (Å²) in [5.41, 5.74) is 3.77.